The number of hydrogen-bond donors (Lipinski definition) is 0. The molecule has 432 valence electrons. The summed E-state index contributed by atoms with van der Waals surface area (Å²) in [7, 11) is 0. The first-order valence-electron chi connectivity index (χ1n) is 32.6. The van der Waals surface area contributed by atoms with Crippen molar-refractivity contribution in [2.45, 2.75) is 354 Å². The molecule has 0 aliphatic rings. The molecule has 0 radical (unpaired) electrons. The second kappa shape index (κ2) is 62.9. The minimum absolute atomic E-state index is 0.0811. The fraction of sp³-hybridized carbons (Fsp3) is 0.838. The van der Waals surface area contributed by atoms with Gasteiger partial charge in [-0.1, -0.05) is 301 Å². The van der Waals surface area contributed by atoms with Crippen molar-refractivity contribution < 1.29 is 28.6 Å². The Bertz CT molecular complexity index is 1280. The van der Waals surface area contributed by atoms with E-state index in [4.69, 9.17) is 14.2 Å². The quantitative estimate of drug-likeness (QED) is 0.0261. The highest BCUT2D eigenvalue weighted by Gasteiger charge is 2.19. The number of carbonyl (C=O) groups is 3. The summed E-state index contributed by atoms with van der Waals surface area (Å²) in [5, 5.41) is 0. The van der Waals surface area contributed by atoms with Crippen molar-refractivity contribution in [2.24, 2.45) is 0 Å². The summed E-state index contributed by atoms with van der Waals surface area (Å²) in [4.78, 5) is 38.0. The van der Waals surface area contributed by atoms with Gasteiger partial charge in [0.15, 0.2) is 6.10 Å². The molecule has 6 heteroatoms. The smallest absolute Gasteiger partial charge is 0.306 e. The van der Waals surface area contributed by atoms with Crippen molar-refractivity contribution in [1.29, 1.82) is 0 Å². The van der Waals surface area contributed by atoms with Crippen LogP contribution in [0, 0.1) is 0 Å². The van der Waals surface area contributed by atoms with E-state index in [0.29, 0.717) is 19.3 Å². The van der Waals surface area contributed by atoms with Gasteiger partial charge in [-0.05, 0) is 77.0 Å². The number of esters is 3. The normalized spacial score (nSPS) is 12.3. The van der Waals surface area contributed by atoms with E-state index < -0.39 is 6.10 Å². The Hall–Kier alpha value is -2.63. The Labute approximate surface area is 460 Å². The maximum atomic E-state index is 12.8. The zero-order valence-electron chi connectivity index (χ0n) is 49.6. The summed E-state index contributed by atoms with van der Waals surface area (Å²) in [5.41, 5.74) is 0. The van der Waals surface area contributed by atoms with E-state index in [0.717, 1.165) is 83.5 Å². The van der Waals surface area contributed by atoms with Gasteiger partial charge in [-0.3, -0.25) is 14.4 Å². The number of allylic oxidation sites excluding steroid dienone is 8. The summed E-state index contributed by atoms with van der Waals surface area (Å²) in [5.74, 6) is -0.901. The first-order chi connectivity index (χ1) is 36.5. The van der Waals surface area contributed by atoms with Crippen molar-refractivity contribution in [3.05, 3.63) is 48.6 Å². The molecule has 0 saturated heterocycles. The summed E-state index contributed by atoms with van der Waals surface area (Å²) in [6.45, 7) is 6.51. The van der Waals surface area contributed by atoms with Crippen molar-refractivity contribution in [2.75, 3.05) is 13.2 Å². The second-order valence-electron chi connectivity index (χ2n) is 22.0. The molecule has 1 unspecified atom stereocenters. The predicted molar refractivity (Wildman–Crippen MR) is 321 cm³/mol. The molecule has 0 aromatic carbocycles. The SMILES string of the molecule is CC/C=C\C/C=C\C/C=C\CCCCCC(=O)OC(COC(=O)CCCCCCCCCC)COC(=O)CCCCCCCCCCCCCCCCCCCCCCCCC/C=C\CCCCCCCCCC. The molecule has 0 saturated carbocycles. The van der Waals surface area contributed by atoms with Crippen LogP contribution in [0.1, 0.15) is 348 Å². The Balaban J connectivity index is 3.92. The zero-order valence-corrected chi connectivity index (χ0v) is 49.6. The monoisotopic (exact) mass is 1040 g/mol. The van der Waals surface area contributed by atoms with Crippen molar-refractivity contribution in [1.82, 2.24) is 0 Å². The predicted octanol–water partition coefficient (Wildman–Crippen LogP) is 22.2. The number of hydrogen-bond acceptors (Lipinski definition) is 6. The third-order valence-corrected chi connectivity index (χ3v) is 14.6. The van der Waals surface area contributed by atoms with Gasteiger partial charge in [-0.2, -0.15) is 0 Å². The number of unbranched alkanes of at least 4 members (excludes halogenated alkanes) is 41. The van der Waals surface area contributed by atoms with E-state index >= 15 is 0 Å². The molecule has 0 aliphatic heterocycles. The third kappa shape index (κ3) is 60.2. The summed E-state index contributed by atoms with van der Waals surface area (Å²) in [6, 6.07) is 0. The summed E-state index contributed by atoms with van der Waals surface area (Å²) in [6.07, 6.45) is 79.0. The van der Waals surface area contributed by atoms with E-state index in [1.807, 2.05) is 0 Å². The molecular weight excluding hydrogens is 913 g/mol. The van der Waals surface area contributed by atoms with Crippen LogP contribution in [0.5, 0.6) is 0 Å². The van der Waals surface area contributed by atoms with Crippen LogP contribution in [0.3, 0.4) is 0 Å². The molecule has 0 rings (SSSR count). The van der Waals surface area contributed by atoms with Crippen LogP contribution in [0.25, 0.3) is 0 Å². The molecule has 0 spiro atoms. The van der Waals surface area contributed by atoms with Gasteiger partial charge >= 0.3 is 17.9 Å². The largest absolute Gasteiger partial charge is 0.462 e. The van der Waals surface area contributed by atoms with Crippen LogP contribution in [0.15, 0.2) is 48.6 Å². The minimum atomic E-state index is -0.783. The van der Waals surface area contributed by atoms with E-state index in [2.05, 4.69) is 69.4 Å². The first-order valence-corrected chi connectivity index (χ1v) is 32.6. The van der Waals surface area contributed by atoms with Gasteiger partial charge in [-0.25, -0.2) is 0 Å². The molecule has 1 atom stereocenters. The molecule has 74 heavy (non-hydrogen) atoms. The van der Waals surface area contributed by atoms with Crippen molar-refractivity contribution in [3.8, 4) is 0 Å². The van der Waals surface area contributed by atoms with Crippen LogP contribution >= 0.6 is 0 Å². The number of ether oxygens (including phenoxy) is 3. The van der Waals surface area contributed by atoms with Gasteiger partial charge in [0.1, 0.15) is 13.2 Å². The lowest BCUT2D eigenvalue weighted by Gasteiger charge is -2.18. The zero-order chi connectivity index (χ0) is 53.6. The molecule has 0 amide bonds. The standard InChI is InChI=1S/C68H124O6/c1-4-7-10-13-16-19-21-23-24-25-26-27-28-29-30-31-32-33-34-35-36-37-38-39-40-41-42-43-44-46-47-49-52-55-58-61-67(70)73-64-65(63-72-66(69)60-57-54-51-18-15-12-9-6-3)74-68(71)62-59-56-53-50-48-45-22-20-17-14-11-8-5-2/h8,11,17,20,25-26,45,48,65H,4-7,9-10,12-16,18-19,21-24,27-44,46-47,49-64H2,1-3H3/b11-8-,20-17-,26-25-,48-45-. The van der Waals surface area contributed by atoms with E-state index in [9.17, 15) is 14.4 Å². The average Bonchev–Trinajstić information content (AvgIpc) is 3.40. The van der Waals surface area contributed by atoms with E-state index in [1.54, 1.807) is 0 Å². The van der Waals surface area contributed by atoms with Crippen LogP contribution in [0.2, 0.25) is 0 Å². The minimum Gasteiger partial charge on any atom is -0.462 e. The lowest BCUT2D eigenvalue weighted by Crippen LogP contribution is -2.30. The van der Waals surface area contributed by atoms with Crippen molar-refractivity contribution in [3.63, 3.8) is 0 Å². The highest BCUT2D eigenvalue weighted by molar-refractivity contribution is 5.71. The molecule has 6 nitrogen and oxygen atoms in total. The fourth-order valence-electron chi connectivity index (χ4n) is 9.69. The van der Waals surface area contributed by atoms with Crippen LogP contribution in [-0.4, -0.2) is 37.2 Å². The Morgan fingerprint density at radius 1 is 0.284 bits per heavy atom. The van der Waals surface area contributed by atoms with Gasteiger partial charge in [0.25, 0.3) is 0 Å². The van der Waals surface area contributed by atoms with Gasteiger partial charge in [0.05, 0.1) is 0 Å². The van der Waals surface area contributed by atoms with Crippen LogP contribution in [-0.2, 0) is 28.6 Å². The molecule has 0 aromatic heterocycles. The summed E-state index contributed by atoms with van der Waals surface area (Å²) >= 11 is 0. The average molecular weight is 1040 g/mol. The molecule has 0 heterocycles. The molecule has 0 bridgehead atoms. The Morgan fingerprint density at radius 3 is 0.851 bits per heavy atom. The van der Waals surface area contributed by atoms with Crippen LogP contribution < -0.4 is 0 Å². The summed E-state index contributed by atoms with van der Waals surface area (Å²) < 4.78 is 16.8. The highest BCUT2D eigenvalue weighted by atomic mass is 16.6. The number of carbonyl (C=O) groups excluding carboxylic acids is 3. The van der Waals surface area contributed by atoms with Gasteiger partial charge in [0.2, 0.25) is 0 Å². The second-order valence-corrected chi connectivity index (χ2v) is 22.0. The van der Waals surface area contributed by atoms with Crippen molar-refractivity contribution >= 4 is 17.9 Å². The maximum Gasteiger partial charge on any atom is 0.306 e. The Morgan fingerprint density at radius 2 is 0.527 bits per heavy atom. The molecule has 0 fully saturated rings. The topological polar surface area (TPSA) is 78.9 Å². The van der Waals surface area contributed by atoms with Gasteiger partial charge < -0.3 is 14.2 Å². The third-order valence-electron chi connectivity index (χ3n) is 14.6. The van der Waals surface area contributed by atoms with Crippen LogP contribution in [0.4, 0.5) is 0 Å². The Kier molecular flexibility index (Phi) is 60.7. The first kappa shape index (κ1) is 71.4. The van der Waals surface area contributed by atoms with E-state index in [1.165, 1.54) is 225 Å². The molecule has 0 aliphatic carbocycles. The molecule has 0 N–H and O–H groups in total. The van der Waals surface area contributed by atoms with E-state index in [-0.39, 0.29) is 31.1 Å². The molecule has 0 aromatic rings. The maximum absolute atomic E-state index is 12.8. The number of rotatable bonds is 60. The lowest BCUT2D eigenvalue weighted by atomic mass is 10.0. The fourth-order valence-corrected chi connectivity index (χ4v) is 9.69. The van der Waals surface area contributed by atoms with Gasteiger partial charge in [0, 0.05) is 19.3 Å². The lowest BCUT2D eigenvalue weighted by molar-refractivity contribution is -0.167. The molecular formula is C68H124O6. The highest BCUT2D eigenvalue weighted by Crippen LogP contribution is 2.18. The van der Waals surface area contributed by atoms with Gasteiger partial charge in [-0.15, -0.1) is 0 Å².